The van der Waals surface area contributed by atoms with E-state index in [4.69, 9.17) is 0 Å². The van der Waals surface area contributed by atoms with Crippen molar-refractivity contribution in [3.05, 3.63) is 77.9 Å². The highest BCUT2D eigenvalue weighted by Gasteiger charge is 2.26. The Morgan fingerprint density at radius 2 is 1.97 bits per heavy atom. The zero-order valence-corrected chi connectivity index (χ0v) is 16.9. The van der Waals surface area contributed by atoms with Gasteiger partial charge in [-0.05, 0) is 24.5 Å². The zero-order chi connectivity index (χ0) is 20.9. The molecule has 2 aromatic heterocycles. The highest BCUT2D eigenvalue weighted by atomic mass is 16.2. The fraction of sp³-hybridized carbons (Fsp3) is 0.261. The number of pyridine rings is 1. The molecule has 4 rings (SSSR count). The van der Waals surface area contributed by atoms with Crippen molar-refractivity contribution in [3.8, 4) is 11.4 Å². The third-order valence-corrected chi connectivity index (χ3v) is 5.15. The zero-order valence-electron chi connectivity index (χ0n) is 16.9. The van der Waals surface area contributed by atoms with E-state index < -0.39 is 0 Å². The molecule has 0 saturated carbocycles. The van der Waals surface area contributed by atoms with E-state index in [0.717, 1.165) is 23.2 Å². The smallest absolute Gasteiger partial charge is 0.257 e. The fourth-order valence-corrected chi connectivity index (χ4v) is 3.51. The number of carbonyl (C=O) groups excluding carboxylic acids is 2. The number of aromatic nitrogens is 3. The second-order valence-corrected chi connectivity index (χ2v) is 7.36. The lowest BCUT2D eigenvalue weighted by atomic mass is 10.1. The number of likely N-dealkylation sites (N-methyl/N-ethyl adjacent to an activating group) is 1. The molecule has 152 valence electrons. The lowest BCUT2D eigenvalue weighted by Gasteiger charge is -2.24. The van der Waals surface area contributed by atoms with Crippen LogP contribution in [0, 0.1) is 0 Å². The van der Waals surface area contributed by atoms with Gasteiger partial charge in [0.1, 0.15) is 6.54 Å². The molecule has 0 saturated heterocycles. The summed E-state index contributed by atoms with van der Waals surface area (Å²) < 4.78 is 0. The molecule has 1 aliphatic heterocycles. The lowest BCUT2D eigenvalue weighted by Crippen LogP contribution is -2.41. The molecule has 7 heteroatoms. The van der Waals surface area contributed by atoms with E-state index in [2.05, 4.69) is 15.0 Å². The van der Waals surface area contributed by atoms with Crippen LogP contribution in [0.5, 0.6) is 0 Å². The van der Waals surface area contributed by atoms with Gasteiger partial charge in [-0.2, -0.15) is 0 Å². The predicted molar refractivity (Wildman–Crippen MR) is 112 cm³/mol. The van der Waals surface area contributed by atoms with Crippen molar-refractivity contribution in [1.82, 2.24) is 24.8 Å². The average molecular weight is 401 g/mol. The average Bonchev–Trinajstić information content (AvgIpc) is 2.93. The molecular weight excluding hydrogens is 378 g/mol. The summed E-state index contributed by atoms with van der Waals surface area (Å²) >= 11 is 0. The van der Waals surface area contributed by atoms with Gasteiger partial charge in [0.2, 0.25) is 5.91 Å². The van der Waals surface area contributed by atoms with E-state index in [-0.39, 0.29) is 18.4 Å². The minimum atomic E-state index is -0.190. The van der Waals surface area contributed by atoms with Gasteiger partial charge in [-0.25, -0.2) is 9.97 Å². The molecular formula is C23H23N5O2. The Morgan fingerprint density at radius 3 is 2.73 bits per heavy atom. The summed E-state index contributed by atoms with van der Waals surface area (Å²) in [5.41, 5.74) is 3.09. The summed E-state index contributed by atoms with van der Waals surface area (Å²) in [4.78, 5) is 42.1. The van der Waals surface area contributed by atoms with E-state index in [1.54, 1.807) is 35.4 Å². The number of hydrogen-bond donors (Lipinski definition) is 0. The van der Waals surface area contributed by atoms with Gasteiger partial charge in [-0.1, -0.05) is 36.4 Å². The van der Waals surface area contributed by atoms with Gasteiger partial charge < -0.3 is 9.80 Å². The van der Waals surface area contributed by atoms with E-state index in [9.17, 15) is 9.59 Å². The molecule has 2 amide bonds. The second-order valence-electron chi connectivity index (χ2n) is 7.36. The summed E-state index contributed by atoms with van der Waals surface area (Å²) in [6, 6.07) is 13.5. The van der Waals surface area contributed by atoms with Crippen LogP contribution in [-0.4, -0.2) is 56.7 Å². The van der Waals surface area contributed by atoms with Gasteiger partial charge in [0.15, 0.2) is 5.82 Å². The quantitative estimate of drug-likeness (QED) is 0.657. The molecule has 0 N–H and O–H groups in total. The van der Waals surface area contributed by atoms with Crippen LogP contribution in [0.15, 0.2) is 61.1 Å². The molecule has 0 bridgehead atoms. The Morgan fingerprint density at radius 1 is 1.13 bits per heavy atom. The molecule has 0 radical (unpaired) electrons. The molecule has 3 heterocycles. The van der Waals surface area contributed by atoms with Crippen LogP contribution in [0.1, 0.15) is 28.0 Å². The van der Waals surface area contributed by atoms with Gasteiger partial charge in [0.05, 0.1) is 11.3 Å². The first kappa shape index (κ1) is 19.7. The second kappa shape index (κ2) is 8.82. The Kier molecular flexibility index (Phi) is 5.79. The Labute approximate surface area is 175 Å². The first-order chi connectivity index (χ1) is 14.6. The summed E-state index contributed by atoms with van der Waals surface area (Å²) in [5.74, 6) is 0.311. The van der Waals surface area contributed by atoms with E-state index in [1.165, 1.54) is 0 Å². The summed E-state index contributed by atoms with van der Waals surface area (Å²) in [6.45, 7) is 1.01. The van der Waals surface area contributed by atoms with Crippen LogP contribution in [0.4, 0.5) is 0 Å². The van der Waals surface area contributed by atoms with Crippen LogP contribution in [0.2, 0.25) is 0 Å². The third-order valence-electron chi connectivity index (χ3n) is 5.15. The monoisotopic (exact) mass is 401 g/mol. The molecule has 0 unspecified atom stereocenters. The van der Waals surface area contributed by atoms with Crippen LogP contribution < -0.4 is 0 Å². The summed E-state index contributed by atoms with van der Waals surface area (Å²) in [6.07, 6.45) is 6.46. The Hall–Kier alpha value is -3.61. The lowest BCUT2D eigenvalue weighted by molar-refractivity contribution is -0.131. The molecule has 7 nitrogen and oxygen atoms in total. The highest BCUT2D eigenvalue weighted by molar-refractivity contribution is 5.97. The Balaban J connectivity index is 1.47. The van der Waals surface area contributed by atoms with Gasteiger partial charge in [0, 0.05) is 44.3 Å². The van der Waals surface area contributed by atoms with Gasteiger partial charge >= 0.3 is 0 Å². The molecule has 3 aromatic rings. The molecule has 1 aromatic carbocycles. The topological polar surface area (TPSA) is 79.3 Å². The predicted octanol–water partition coefficient (Wildman–Crippen LogP) is 2.59. The molecule has 0 atom stereocenters. The van der Waals surface area contributed by atoms with Gasteiger partial charge in [-0.15, -0.1) is 0 Å². The SMILES string of the molecule is CN(Cc1cccnc1)C(=O)CN1CCCc2nc(-c3ccccc3)ncc2C1=O. The van der Waals surface area contributed by atoms with Crippen molar-refractivity contribution in [2.24, 2.45) is 0 Å². The van der Waals surface area contributed by atoms with E-state index >= 15 is 0 Å². The van der Waals surface area contributed by atoms with Gasteiger partial charge in [0.25, 0.3) is 5.91 Å². The van der Waals surface area contributed by atoms with Crippen molar-refractivity contribution in [3.63, 3.8) is 0 Å². The normalized spacial score (nSPS) is 13.5. The van der Waals surface area contributed by atoms with E-state index in [1.807, 2.05) is 42.5 Å². The van der Waals surface area contributed by atoms with Crippen molar-refractivity contribution in [1.29, 1.82) is 0 Å². The number of aryl methyl sites for hydroxylation is 1. The van der Waals surface area contributed by atoms with Crippen LogP contribution >= 0.6 is 0 Å². The molecule has 30 heavy (non-hydrogen) atoms. The first-order valence-corrected chi connectivity index (χ1v) is 9.95. The Bertz CT molecular complexity index is 1040. The standard InChI is InChI=1S/C23H23N5O2/c1-27(15-17-7-5-11-24-13-17)21(29)16-28-12-6-10-20-19(23(28)30)14-25-22(26-20)18-8-3-2-4-9-18/h2-5,7-9,11,13-14H,6,10,12,15-16H2,1H3. The number of carbonyl (C=O) groups is 2. The highest BCUT2D eigenvalue weighted by Crippen LogP contribution is 2.21. The number of benzene rings is 1. The van der Waals surface area contributed by atoms with Crippen LogP contribution in [-0.2, 0) is 17.8 Å². The maximum absolute atomic E-state index is 13.1. The largest absolute Gasteiger partial charge is 0.340 e. The number of amides is 2. The number of hydrogen-bond acceptors (Lipinski definition) is 5. The van der Waals surface area contributed by atoms with Crippen molar-refractivity contribution in [2.75, 3.05) is 20.1 Å². The summed E-state index contributed by atoms with van der Waals surface area (Å²) in [7, 11) is 1.74. The maximum atomic E-state index is 13.1. The molecule has 0 spiro atoms. The molecule has 0 fully saturated rings. The minimum absolute atomic E-state index is 0.0372. The number of rotatable bonds is 5. The summed E-state index contributed by atoms with van der Waals surface area (Å²) in [5, 5.41) is 0. The van der Waals surface area contributed by atoms with Crippen molar-refractivity contribution < 1.29 is 9.59 Å². The number of nitrogens with zero attached hydrogens (tertiary/aromatic N) is 5. The van der Waals surface area contributed by atoms with Crippen molar-refractivity contribution in [2.45, 2.75) is 19.4 Å². The first-order valence-electron chi connectivity index (χ1n) is 9.95. The maximum Gasteiger partial charge on any atom is 0.257 e. The fourth-order valence-electron chi connectivity index (χ4n) is 3.51. The molecule has 1 aliphatic rings. The van der Waals surface area contributed by atoms with E-state index in [0.29, 0.717) is 30.9 Å². The third kappa shape index (κ3) is 4.35. The minimum Gasteiger partial charge on any atom is -0.340 e. The van der Waals surface area contributed by atoms with Crippen LogP contribution in [0.25, 0.3) is 11.4 Å². The molecule has 0 aliphatic carbocycles. The van der Waals surface area contributed by atoms with Crippen LogP contribution in [0.3, 0.4) is 0 Å². The number of fused-ring (bicyclic) bond motifs is 1. The van der Waals surface area contributed by atoms with Crippen molar-refractivity contribution >= 4 is 11.8 Å². The van der Waals surface area contributed by atoms with Gasteiger partial charge in [-0.3, -0.25) is 14.6 Å².